The van der Waals surface area contributed by atoms with Crippen molar-refractivity contribution in [3.8, 4) is 0 Å². The average molecular weight is 467 g/mol. The predicted molar refractivity (Wildman–Crippen MR) is 143 cm³/mol. The van der Waals surface area contributed by atoms with Gasteiger partial charge in [0.25, 0.3) is 0 Å². The molecule has 1 aliphatic heterocycles. The van der Waals surface area contributed by atoms with Gasteiger partial charge in [-0.15, -0.1) is 0 Å². The smallest absolute Gasteiger partial charge is 0.174 e. The lowest BCUT2D eigenvalue weighted by Crippen LogP contribution is -2.29. The van der Waals surface area contributed by atoms with Gasteiger partial charge in [-0.05, 0) is 92.5 Å². The number of aromatic nitrogens is 2. The lowest BCUT2D eigenvalue weighted by Gasteiger charge is -2.28. The van der Waals surface area contributed by atoms with E-state index in [2.05, 4.69) is 103 Å². The van der Waals surface area contributed by atoms with Crippen LogP contribution in [0.3, 0.4) is 0 Å². The van der Waals surface area contributed by atoms with Crippen molar-refractivity contribution in [2.24, 2.45) is 0 Å². The van der Waals surface area contributed by atoms with Crippen molar-refractivity contribution in [1.82, 2.24) is 14.9 Å². The van der Waals surface area contributed by atoms with Crippen LogP contribution in [0.25, 0.3) is 0 Å². The molecule has 4 aromatic rings. The molecule has 2 aromatic carbocycles. The van der Waals surface area contributed by atoms with E-state index in [0.29, 0.717) is 0 Å². The summed E-state index contributed by atoms with van der Waals surface area (Å²) in [6.07, 6.45) is 1.86. The molecule has 5 rings (SSSR count). The van der Waals surface area contributed by atoms with Gasteiger partial charge >= 0.3 is 0 Å². The lowest BCUT2D eigenvalue weighted by molar-refractivity contribution is 0.563. The van der Waals surface area contributed by atoms with Crippen LogP contribution in [0.5, 0.6) is 0 Å². The Morgan fingerprint density at radius 2 is 1.65 bits per heavy atom. The first kappa shape index (κ1) is 22.4. The van der Waals surface area contributed by atoms with Crippen molar-refractivity contribution >= 4 is 23.0 Å². The minimum atomic E-state index is -0.0408. The summed E-state index contributed by atoms with van der Waals surface area (Å²) in [6.45, 7) is 9.56. The number of anilines is 1. The molecule has 0 radical (unpaired) electrons. The maximum atomic E-state index is 5.92. The fourth-order valence-corrected chi connectivity index (χ4v) is 5.31. The molecule has 34 heavy (non-hydrogen) atoms. The molecule has 3 heterocycles. The van der Waals surface area contributed by atoms with Gasteiger partial charge < -0.3 is 14.8 Å². The SMILES string of the molecule is Cc1ccc(N2C(=S)N[C@@H](c3ccccn3)[C@@H]2c2cc(C)n(Cc3ccccc3)c2C)cc1C. The fraction of sp³-hybridized carbons (Fsp3) is 0.241. The molecular weight excluding hydrogens is 436 g/mol. The van der Waals surface area contributed by atoms with Gasteiger partial charge in [0.1, 0.15) is 0 Å². The highest BCUT2D eigenvalue weighted by Gasteiger charge is 2.42. The number of rotatable bonds is 5. The summed E-state index contributed by atoms with van der Waals surface area (Å²) in [7, 11) is 0. The summed E-state index contributed by atoms with van der Waals surface area (Å²) in [5, 5.41) is 4.33. The first-order chi connectivity index (χ1) is 16.4. The van der Waals surface area contributed by atoms with Crippen LogP contribution in [0, 0.1) is 27.7 Å². The molecular formula is C29H30N4S. The third kappa shape index (κ3) is 4.01. The highest BCUT2D eigenvalue weighted by atomic mass is 32.1. The maximum Gasteiger partial charge on any atom is 0.174 e. The van der Waals surface area contributed by atoms with Crippen molar-refractivity contribution in [1.29, 1.82) is 0 Å². The Hall–Kier alpha value is -3.44. The molecule has 0 bridgehead atoms. The zero-order chi connectivity index (χ0) is 23.8. The molecule has 1 N–H and O–H groups in total. The Morgan fingerprint density at radius 3 is 2.35 bits per heavy atom. The standard InChI is InChI=1S/C29H30N4S/c1-19-13-14-24(16-20(19)2)33-28(27(31-29(33)34)26-12-8-9-15-30-26)25-17-21(3)32(22(25)4)18-23-10-6-5-7-11-23/h5-17,27-28H,18H2,1-4H3,(H,31,34)/t27-,28-/m0/s1. The van der Waals surface area contributed by atoms with Crippen LogP contribution >= 0.6 is 12.2 Å². The van der Waals surface area contributed by atoms with Crippen LogP contribution in [-0.4, -0.2) is 14.7 Å². The fourth-order valence-electron chi connectivity index (χ4n) is 4.96. The van der Waals surface area contributed by atoms with E-state index in [9.17, 15) is 0 Å². The third-order valence-corrected chi connectivity index (χ3v) is 7.30. The number of pyridine rings is 1. The van der Waals surface area contributed by atoms with Crippen molar-refractivity contribution in [3.05, 3.63) is 118 Å². The Morgan fingerprint density at radius 1 is 0.882 bits per heavy atom. The van der Waals surface area contributed by atoms with Gasteiger partial charge in [-0.25, -0.2) is 0 Å². The van der Waals surface area contributed by atoms with Gasteiger partial charge in [0, 0.05) is 29.8 Å². The van der Waals surface area contributed by atoms with E-state index in [1.165, 1.54) is 33.6 Å². The summed E-state index contributed by atoms with van der Waals surface area (Å²) in [4.78, 5) is 6.98. The molecule has 172 valence electrons. The number of nitrogens with zero attached hydrogens (tertiary/aromatic N) is 3. The predicted octanol–water partition coefficient (Wildman–Crippen LogP) is 6.34. The molecule has 4 nitrogen and oxygen atoms in total. The Balaban J connectivity index is 1.63. The van der Waals surface area contributed by atoms with Gasteiger partial charge in [0.05, 0.1) is 17.8 Å². The van der Waals surface area contributed by atoms with Crippen LogP contribution in [0.1, 0.15) is 51.4 Å². The Kier molecular flexibility index (Phi) is 5.96. The minimum absolute atomic E-state index is 0.000212. The second-order valence-corrected chi connectivity index (χ2v) is 9.55. The van der Waals surface area contributed by atoms with E-state index < -0.39 is 0 Å². The number of thiocarbonyl (C=S) groups is 1. The van der Waals surface area contributed by atoms with E-state index in [-0.39, 0.29) is 12.1 Å². The highest BCUT2D eigenvalue weighted by Crippen LogP contribution is 2.43. The second-order valence-electron chi connectivity index (χ2n) is 9.16. The Bertz CT molecular complexity index is 1330. The first-order valence-corrected chi connectivity index (χ1v) is 12.1. The largest absolute Gasteiger partial charge is 0.351 e. The van der Waals surface area contributed by atoms with Crippen molar-refractivity contribution in [3.63, 3.8) is 0 Å². The van der Waals surface area contributed by atoms with Gasteiger partial charge in [0.2, 0.25) is 0 Å². The molecule has 0 aliphatic carbocycles. The topological polar surface area (TPSA) is 33.1 Å². The van der Waals surface area contributed by atoms with Crippen LogP contribution in [-0.2, 0) is 6.54 Å². The molecule has 0 amide bonds. The quantitative estimate of drug-likeness (QED) is 0.348. The van der Waals surface area contributed by atoms with Gasteiger partial charge in [-0.3, -0.25) is 4.98 Å². The monoisotopic (exact) mass is 466 g/mol. The number of hydrogen-bond donors (Lipinski definition) is 1. The normalized spacial score (nSPS) is 17.8. The van der Waals surface area contributed by atoms with E-state index >= 15 is 0 Å². The summed E-state index contributed by atoms with van der Waals surface area (Å²) in [5.41, 5.74) is 9.71. The maximum absolute atomic E-state index is 5.92. The summed E-state index contributed by atoms with van der Waals surface area (Å²) >= 11 is 5.92. The van der Waals surface area contributed by atoms with Crippen molar-refractivity contribution in [2.75, 3.05) is 4.90 Å². The summed E-state index contributed by atoms with van der Waals surface area (Å²) in [6, 6.07) is 25.6. The van der Waals surface area contributed by atoms with Crippen molar-refractivity contribution < 1.29 is 0 Å². The molecule has 0 saturated carbocycles. The van der Waals surface area contributed by atoms with E-state index in [4.69, 9.17) is 17.2 Å². The van der Waals surface area contributed by atoms with E-state index in [1.807, 2.05) is 18.3 Å². The zero-order valence-electron chi connectivity index (χ0n) is 20.1. The molecule has 0 unspecified atom stereocenters. The highest BCUT2D eigenvalue weighted by molar-refractivity contribution is 7.80. The number of nitrogens with one attached hydrogen (secondary N) is 1. The van der Waals surface area contributed by atoms with E-state index in [1.54, 1.807) is 0 Å². The van der Waals surface area contributed by atoms with Crippen LogP contribution in [0.4, 0.5) is 5.69 Å². The van der Waals surface area contributed by atoms with Crippen molar-refractivity contribution in [2.45, 2.75) is 46.3 Å². The lowest BCUT2D eigenvalue weighted by atomic mass is 9.96. The Labute approximate surface area is 207 Å². The number of aryl methyl sites for hydroxylation is 3. The zero-order valence-corrected chi connectivity index (χ0v) is 20.9. The van der Waals surface area contributed by atoms with Gasteiger partial charge in [0.15, 0.2) is 5.11 Å². The molecule has 1 fully saturated rings. The number of hydrogen-bond acceptors (Lipinski definition) is 2. The van der Waals surface area contributed by atoms with Crippen LogP contribution in [0.15, 0.2) is 79.0 Å². The average Bonchev–Trinajstić information content (AvgIpc) is 3.33. The third-order valence-electron chi connectivity index (χ3n) is 6.98. The molecule has 5 heteroatoms. The second kappa shape index (κ2) is 9.07. The number of benzene rings is 2. The van der Waals surface area contributed by atoms with Gasteiger partial charge in [-0.2, -0.15) is 0 Å². The van der Waals surface area contributed by atoms with E-state index in [0.717, 1.165) is 23.0 Å². The van der Waals surface area contributed by atoms with Crippen LogP contribution in [0.2, 0.25) is 0 Å². The molecule has 2 atom stereocenters. The van der Waals surface area contributed by atoms with Crippen LogP contribution < -0.4 is 10.2 Å². The first-order valence-electron chi connectivity index (χ1n) is 11.7. The molecule has 1 saturated heterocycles. The minimum Gasteiger partial charge on any atom is -0.351 e. The molecule has 0 spiro atoms. The molecule has 1 aliphatic rings. The van der Waals surface area contributed by atoms with Gasteiger partial charge in [-0.1, -0.05) is 42.5 Å². The summed E-state index contributed by atoms with van der Waals surface area (Å²) < 4.78 is 2.40. The summed E-state index contributed by atoms with van der Waals surface area (Å²) in [5.74, 6) is 0. The molecule has 2 aromatic heterocycles.